The molecule has 0 radical (unpaired) electrons. The Balaban J connectivity index is 3.32. The van der Waals surface area contributed by atoms with Crippen LogP contribution in [0.2, 0.25) is 0 Å². The highest BCUT2D eigenvalue weighted by Crippen LogP contribution is 2.34. The van der Waals surface area contributed by atoms with E-state index in [2.05, 4.69) is 9.72 Å². The molecule has 0 saturated carbocycles. The maximum Gasteiger partial charge on any atom is 0.574 e. The van der Waals surface area contributed by atoms with Crippen LogP contribution in [0.1, 0.15) is 5.69 Å². The van der Waals surface area contributed by atoms with Crippen LogP contribution in [-0.4, -0.2) is 16.3 Å². The number of nitro groups is 1. The lowest BCUT2D eigenvalue weighted by atomic mass is 10.3. The van der Waals surface area contributed by atoms with Crippen LogP contribution < -0.4 is 10.5 Å². The first kappa shape index (κ1) is 13.9. The molecule has 0 unspecified atom stereocenters. The van der Waals surface area contributed by atoms with Gasteiger partial charge in [-0.1, -0.05) is 0 Å². The van der Waals surface area contributed by atoms with Gasteiger partial charge < -0.3 is 10.5 Å². The molecule has 94 valence electrons. The quantitative estimate of drug-likeness (QED) is 0.504. The molecule has 1 aromatic heterocycles. The lowest BCUT2D eigenvalue weighted by Crippen LogP contribution is -2.20. The van der Waals surface area contributed by atoms with Crippen molar-refractivity contribution in [2.75, 3.05) is 0 Å². The van der Waals surface area contributed by atoms with Crippen LogP contribution in [0.15, 0.2) is 6.07 Å². The Kier molecular flexibility index (Phi) is 4.08. The fraction of sp³-hybridized carbons (Fsp3) is 0.286. The molecule has 6 nitrogen and oxygen atoms in total. The molecule has 1 heterocycles. The smallest absolute Gasteiger partial charge is 0.381 e. The Labute approximate surface area is 106 Å². The van der Waals surface area contributed by atoms with Gasteiger partial charge in [0.25, 0.3) is 0 Å². The zero-order valence-electron chi connectivity index (χ0n) is 7.99. The van der Waals surface area contributed by atoms with Gasteiger partial charge in [-0.15, -0.1) is 13.2 Å². The summed E-state index contributed by atoms with van der Waals surface area (Å²) in [5.41, 5.74) is 4.44. The maximum atomic E-state index is 12.0. The molecule has 1 rings (SSSR count). The van der Waals surface area contributed by atoms with Gasteiger partial charge in [-0.05, 0) is 28.7 Å². The van der Waals surface area contributed by atoms with Gasteiger partial charge in [0.15, 0.2) is 0 Å². The van der Waals surface area contributed by atoms with Crippen molar-refractivity contribution >= 4 is 28.3 Å². The first-order valence-electron chi connectivity index (χ1n) is 4.04. The standard InChI is InChI=1S/C7H5F3IN3O3/c8-7(9,10)17-6-5(14(15)16)4(11)1-3(2-12)13-6/h1H,2,12H2. The van der Waals surface area contributed by atoms with E-state index in [4.69, 9.17) is 5.73 Å². The Morgan fingerprint density at radius 2 is 2.18 bits per heavy atom. The van der Waals surface area contributed by atoms with Crippen LogP contribution in [0.5, 0.6) is 5.88 Å². The molecular formula is C7H5F3IN3O3. The predicted molar refractivity (Wildman–Crippen MR) is 58.2 cm³/mol. The van der Waals surface area contributed by atoms with E-state index in [0.29, 0.717) is 0 Å². The highest BCUT2D eigenvalue weighted by Gasteiger charge is 2.36. The number of aromatic nitrogens is 1. The second-order valence-corrected chi connectivity index (χ2v) is 3.92. The van der Waals surface area contributed by atoms with Gasteiger partial charge in [0.1, 0.15) is 0 Å². The van der Waals surface area contributed by atoms with Gasteiger partial charge in [-0.25, -0.2) is 4.98 Å². The number of rotatable bonds is 3. The summed E-state index contributed by atoms with van der Waals surface area (Å²) in [4.78, 5) is 13.0. The van der Waals surface area contributed by atoms with Crippen LogP contribution in [0.4, 0.5) is 18.9 Å². The molecule has 10 heteroatoms. The summed E-state index contributed by atoms with van der Waals surface area (Å²) in [5.74, 6) is -1.10. The molecule has 0 aliphatic rings. The molecule has 0 fully saturated rings. The largest absolute Gasteiger partial charge is 0.574 e. The molecule has 0 bridgehead atoms. The Morgan fingerprint density at radius 3 is 2.59 bits per heavy atom. The highest BCUT2D eigenvalue weighted by atomic mass is 127. The molecule has 0 atom stereocenters. The summed E-state index contributed by atoms with van der Waals surface area (Å²) in [6, 6.07) is 1.22. The second-order valence-electron chi connectivity index (χ2n) is 2.76. The summed E-state index contributed by atoms with van der Waals surface area (Å²) in [6.07, 6.45) is -5.05. The number of nitrogens with two attached hydrogens (primary N) is 1. The second kappa shape index (κ2) is 5.00. The average molecular weight is 363 g/mol. The summed E-state index contributed by atoms with van der Waals surface area (Å²) in [6.45, 7) is -0.151. The Morgan fingerprint density at radius 1 is 1.59 bits per heavy atom. The molecule has 0 spiro atoms. The third-order valence-electron chi connectivity index (χ3n) is 1.57. The Hall–Kier alpha value is -1.17. The third kappa shape index (κ3) is 3.66. The molecular weight excluding hydrogens is 358 g/mol. The number of hydrogen-bond acceptors (Lipinski definition) is 5. The van der Waals surface area contributed by atoms with E-state index in [1.807, 2.05) is 0 Å². The van der Waals surface area contributed by atoms with Crippen LogP contribution in [0.3, 0.4) is 0 Å². The number of pyridine rings is 1. The van der Waals surface area contributed by atoms with E-state index < -0.39 is 22.9 Å². The van der Waals surface area contributed by atoms with Gasteiger partial charge in [0.05, 0.1) is 14.2 Å². The van der Waals surface area contributed by atoms with E-state index in [9.17, 15) is 23.3 Å². The minimum atomic E-state index is -5.05. The van der Waals surface area contributed by atoms with Crippen LogP contribution in [0.25, 0.3) is 0 Å². The molecule has 0 aliphatic carbocycles. The first-order chi connectivity index (χ1) is 7.74. The summed E-state index contributed by atoms with van der Waals surface area (Å²) in [7, 11) is 0. The lowest BCUT2D eigenvalue weighted by Gasteiger charge is -2.09. The minimum absolute atomic E-state index is 0.0256. The van der Waals surface area contributed by atoms with Gasteiger partial charge >= 0.3 is 17.9 Å². The topological polar surface area (TPSA) is 91.3 Å². The van der Waals surface area contributed by atoms with Gasteiger partial charge in [0, 0.05) is 6.54 Å². The lowest BCUT2D eigenvalue weighted by molar-refractivity contribution is -0.390. The third-order valence-corrected chi connectivity index (χ3v) is 2.39. The monoisotopic (exact) mass is 363 g/mol. The van der Waals surface area contributed by atoms with Crippen LogP contribution in [-0.2, 0) is 6.54 Å². The van der Waals surface area contributed by atoms with Crippen molar-refractivity contribution in [3.8, 4) is 5.88 Å². The zero-order valence-corrected chi connectivity index (χ0v) is 10.2. The highest BCUT2D eigenvalue weighted by molar-refractivity contribution is 14.1. The van der Waals surface area contributed by atoms with E-state index in [-0.39, 0.29) is 15.8 Å². The number of ether oxygens (including phenoxy) is 1. The fourth-order valence-electron chi connectivity index (χ4n) is 0.983. The maximum absolute atomic E-state index is 12.0. The van der Waals surface area contributed by atoms with Crippen molar-refractivity contribution in [3.05, 3.63) is 25.4 Å². The first-order valence-corrected chi connectivity index (χ1v) is 5.12. The van der Waals surface area contributed by atoms with Gasteiger partial charge in [-0.3, -0.25) is 10.1 Å². The molecule has 2 N–H and O–H groups in total. The molecule has 0 aromatic carbocycles. The zero-order chi connectivity index (χ0) is 13.2. The van der Waals surface area contributed by atoms with E-state index in [1.165, 1.54) is 28.7 Å². The van der Waals surface area contributed by atoms with Crippen molar-refractivity contribution in [1.29, 1.82) is 0 Å². The van der Waals surface area contributed by atoms with E-state index in [1.54, 1.807) is 0 Å². The van der Waals surface area contributed by atoms with E-state index >= 15 is 0 Å². The summed E-state index contributed by atoms with van der Waals surface area (Å²) in [5, 5.41) is 10.6. The van der Waals surface area contributed by atoms with Crippen molar-refractivity contribution in [3.63, 3.8) is 0 Å². The minimum Gasteiger partial charge on any atom is -0.381 e. The number of halogens is 4. The molecule has 1 aromatic rings. The van der Waals surface area contributed by atoms with Gasteiger partial charge in [0.2, 0.25) is 0 Å². The number of nitrogens with zero attached hydrogens (tertiary/aromatic N) is 2. The SMILES string of the molecule is NCc1cc(I)c([N+](=O)[O-])c(OC(F)(F)F)n1. The van der Waals surface area contributed by atoms with Crippen molar-refractivity contribution in [2.24, 2.45) is 5.73 Å². The molecule has 0 saturated heterocycles. The average Bonchev–Trinajstić information content (AvgIpc) is 2.13. The fourth-order valence-corrected chi connectivity index (χ4v) is 1.77. The molecule has 0 aliphatic heterocycles. The van der Waals surface area contributed by atoms with Crippen molar-refractivity contribution in [1.82, 2.24) is 4.98 Å². The number of alkyl halides is 3. The molecule has 0 amide bonds. The number of hydrogen-bond donors (Lipinski definition) is 1. The normalized spacial score (nSPS) is 11.4. The summed E-state index contributed by atoms with van der Waals surface area (Å²) >= 11 is 1.52. The van der Waals surface area contributed by atoms with E-state index in [0.717, 1.165) is 0 Å². The van der Waals surface area contributed by atoms with Crippen molar-refractivity contribution < 1.29 is 22.8 Å². The molecule has 17 heavy (non-hydrogen) atoms. The van der Waals surface area contributed by atoms with Crippen LogP contribution >= 0.6 is 22.6 Å². The predicted octanol–water partition coefficient (Wildman–Crippen LogP) is 1.95. The summed E-state index contributed by atoms with van der Waals surface area (Å²) < 4.78 is 39.6. The van der Waals surface area contributed by atoms with Crippen molar-refractivity contribution in [2.45, 2.75) is 12.9 Å². The van der Waals surface area contributed by atoms with Gasteiger partial charge in [-0.2, -0.15) is 0 Å². The Bertz CT molecular complexity index is 452. The van der Waals surface area contributed by atoms with Crippen LogP contribution in [0, 0.1) is 13.7 Å².